The van der Waals surface area contributed by atoms with Gasteiger partial charge in [-0.15, -0.1) is 0 Å². The Morgan fingerprint density at radius 2 is 1.67 bits per heavy atom. The minimum Gasteiger partial charge on any atom is -0.479 e. The summed E-state index contributed by atoms with van der Waals surface area (Å²) in [4.78, 5) is 9.21. The lowest BCUT2D eigenvalue weighted by molar-refractivity contribution is -0.168. The number of hydrogen-bond donors (Lipinski definition) is 1. The van der Waals surface area contributed by atoms with Gasteiger partial charge in [-0.3, -0.25) is 0 Å². The van der Waals surface area contributed by atoms with Crippen LogP contribution in [-0.4, -0.2) is 17.3 Å². The molecule has 0 bridgehead atoms. The SMILES string of the molecule is O=C(O)[C](F)C(F)(F)F. The summed E-state index contributed by atoms with van der Waals surface area (Å²) in [7, 11) is 0. The molecule has 0 saturated heterocycles. The molecule has 0 aliphatic rings. The maximum Gasteiger partial charge on any atom is 0.437 e. The minimum absolute atomic E-state index is 2.59. The molecule has 0 spiro atoms. The number of carboxylic acid groups (broad SMARTS) is 1. The van der Waals surface area contributed by atoms with Crippen molar-refractivity contribution in [3.05, 3.63) is 6.17 Å². The average molecular weight is 145 g/mol. The van der Waals surface area contributed by atoms with Gasteiger partial charge in [0.1, 0.15) is 0 Å². The zero-order chi connectivity index (χ0) is 7.65. The standard InChI is InChI=1S/C3HF4O2/c4-1(2(8)9)3(5,6)7/h(H,8,9). The fourth-order valence-corrected chi connectivity index (χ4v) is 0.121. The van der Waals surface area contributed by atoms with Crippen LogP contribution in [0.5, 0.6) is 0 Å². The third kappa shape index (κ3) is 2.29. The van der Waals surface area contributed by atoms with Gasteiger partial charge in [-0.05, 0) is 0 Å². The van der Waals surface area contributed by atoms with E-state index in [-0.39, 0.29) is 0 Å². The van der Waals surface area contributed by atoms with Gasteiger partial charge in [0, 0.05) is 0 Å². The van der Waals surface area contributed by atoms with Crippen molar-refractivity contribution in [2.24, 2.45) is 0 Å². The molecule has 6 heteroatoms. The first-order valence-electron chi connectivity index (χ1n) is 1.68. The lowest BCUT2D eigenvalue weighted by Gasteiger charge is -2.03. The van der Waals surface area contributed by atoms with Gasteiger partial charge < -0.3 is 5.11 Å². The Bertz CT molecular complexity index is 117. The van der Waals surface area contributed by atoms with E-state index in [1.807, 2.05) is 0 Å². The largest absolute Gasteiger partial charge is 0.479 e. The molecule has 0 unspecified atom stereocenters. The molecule has 0 atom stereocenters. The highest BCUT2D eigenvalue weighted by atomic mass is 19.4. The normalized spacial score (nSPS) is 12.1. The molecule has 0 fully saturated rings. The van der Waals surface area contributed by atoms with Gasteiger partial charge in [0.15, 0.2) is 0 Å². The van der Waals surface area contributed by atoms with Crippen molar-refractivity contribution in [3.63, 3.8) is 0 Å². The van der Waals surface area contributed by atoms with Crippen LogP contribution in [-0.2, 0) is 4.79 Å². The quantitative estimate of drug-likeness (QED) is 0.561. The van der Waals surface area contributed by atoms with E-state index in [9.17, 15) is 22.4 Å². The molecule has 0 aromatic rings. The van der Waals surface area contributed by atoms with E-state index in [1.54, 1.807) is 0 Å². The van der Waals surface area contributed by atoms with Crippen molar-refractivity contribution in [1.82, 2.24) is 0 Å². The second-order valence-electron chi connectivity index (χ2n) is 1.12. The smallest absolute Gasteiger partial charge is 0.437 e. The van der Waals surface area contributed by atoms with Crippen molar-refractivity contribution in [2.75, 3.05) is 0 Å². The minimum atomic E-state index is -5.37. The van der Waals surface area contributed by atoms with Crippen molar-refractivity contribution in [2.45, 2.75) is 6.18 Å². The van der Waals surface area contributed by atoms with Gasteiger partial charge in [0.05, 0.1) is 0 Å². The van der Waals surface area contributed by atoms with E-state index in [4.69, 9.17) is 5.11 Å². The van der Waals surface area contributed by atoms with Crippen LogP contribution in [0.25, 0.3) is 0 Å². The molecule has 0 aromatic heterocycles. The predicted octanol–water partition coefficient (Wildman–Crippen LogP) is 1.13. The molecular formula is C3HF4O2. The van der Waals surface area contributed by atoms with Crippen LogP contribution in [0.2, 0.25) is 0 Å². The van der Waals surface area contributed by atoms with Crippen LogP contribution in [0.3, 0.4) is 0 Å². The van der Waals surface area contributed by atoms with Crippen LogP contribution < -0.4 is 0 Å². The molecule has 1 N–H and O–H groups in total. The fourth-order valence-electron chi connectivity index (χ4n) is 0.121. The molecule has 1 radical (unpaired) electrons. The number of hydrogen-bond acceptors (Lipinski definition) is 1. The number of aliphatic carboxylic acids is 1. The summed E-state index contributed by atoms with van der Waals surface area (Å²) in [5.41, 5.74) is 0. The zero-order valence-electron chi connectivity index (χ0n) is 3.87. The Labute approximate surface area is 47.1 Å². The van der Waals surface area contributed by atoms with Crippen LogP contribution in [0.4, 0.5) is 17.6 Å². The summed E-state index contributed by atoms with van der Waals surface area (Å²) in [6, 6.07) is 0. The highest BCUT2D eigenvalue weighted by Gasteiger charge is 2.47. The molecule has 9 heavy (non-hydrogen) atoms. The molecule has 0 aliphatic heterocycles. The monoisotopic (exact) mass is 145 g/mol. The number of alkyl halides is 3. The molecule has 0 heterocycles. The maximum atomic E-state index is 11.2. The first-order valence-corrected chi connectivity index (χ1v) is 1.68. The lowest BCUT2D eigenvalue weighted by atomic mass is 10.4. The summed E-state index contributed by atoms with van der Waals surface area (Å²) in [6.07, 6.45) is -8.37. The fraction of sp³-hybridized carbons (Fsp3) is 0.333. The van der Waals surface area contributed by atoms with Crippen LogP contribution >= 0.6 is 0 Å². The second-order valence-corrected chi connectivity index (χ2v) is 1.12. The zero-order valence-corrected chi connectivity index (χ0v) is 3.87. The van der Waals surface area contributed by atoms with Gasteiger partial charge >= 0.3 is 18.3 Å². The summed E-state index contributed by atoms with van der Waals surface area (Å²) in [5.74, 6) is -2.59. The molecule has 2 nitrogen and oxygen atoms in total. The number of rotatable bonds is 1. The number of carboxylic acids is 1. The average Bonchev–Trinajstić information content (AvgIpc) is 1.62. The highest BCUT2D eigenvalue weighted by molar-refractivity contribution is 5.81. The molecule has 0 aliphatic carbocycles. The molecular weight excluding hydrogens is 144 g/mol. The second kappa shape index (κ2) is 2.20. The predicted molar refractivity (Wildman–Crippen MR) is 18.0 cm³/mol. The topological polar surface area (TPSA) is 37.3 Å². The van der Waals surface area contributed by atoms with E-state index in [1.165, 1.54) is 0 Å². The van der Waals surface area contributed by atoms with Crippen molar-refractivity contribution >= 4 is 5.97 Å². The number of halogens is 4. The van der Waals surface area contributed by atoms with Crippen molar-refractivity contribution in [1.29, 1.82) is 0 Å². The summed E-state index contributed by atoms with van der Waals surface area (Å²) < 4.78 is 43.9. The summed E-state index contributed by atoms with van der Waals surface area (Å²) in [6.45, 7) is 0. The Kier molecular flexibility index (Phi) is 2.00. The lowest BCUT2D eigenvalue weighted by Crippen LogP contribution is -2.23. The maximum absolute atomic E-state index is 11.2. The molecule has 0 aromatic carbocycles. The van der Waals surface area contributed by atoms with Crippen LogP contribution in [0.15, 0.2) is 0 Å². The number of carbonyl (C=O) groups is 1. The van der Waals surface area contributed by atoms with Gasteiger partial charge in [-0.2, -0.15) is 13.2 Å². The molecule has 0 rings (SSSR count). The van der Waals surface area contributed by atoms with Gasteiger partial charge in [-0.1, -0.05) is 0 Å². The molecule has 0 saturated carbocycles. The Morgan fingerprint density at radius 1 is 1.33 bits per heavy atom. The van der Waals surface area contributed by atoms with Crippen molar-refractivity contribution in [3.8, 4) is 0 Å². The van der Waals surface area contributed by atoms with Gasteiger partial charge in [0.25, 0.3) is 0 Å². The first-order chi connectivity index (χ1) is 3.85. The van der Waals surface area contributed by atoms with Gasteiger partial charge in [0.2, 0.25) is 0 Å². The first kappa shape index (κ1) is 8.19. The van der Waals surface area contributed by atoms with E-state index in [2.05, 4.69) is 0 Å². The van der Waals surface area contributed by atoms with E-state index >= 15 is 0 Å². The highest BCUT2D eigenvalue weighted by Crippen LogP contribution is 2.28. The molecule has 0 amide bonds. The Hall–Kier alpha value is -0.810. The summed E-state index contributed by atoms with van der Waals surface area (Å²) in [5, 5.41) is 7.39. The van der Waals surface area contributed by atoms with Crippen molar-refractivity contribution < 1.29 is 27.5 Å². The van der Waals surface area contributed by atoms with E-state index in [0.29, 0.717) is 0 Å². The van der Waals surface area contributed by atoms with E-state index < -0.39 is 18.3 Å². The summed E-state index contributed by atoms with van der Waals surface area (Å²) >= 11 is 0. The van der Waals surface area contributed by atoms with Gasteiger partial charge in [-0.25, -0.2) is 9.18 Å². The van der Waals surface area contributed by atoms with Crippen LogP contribution in [0, 0.1) is 6.17 Å². The Balaban J connectivity index is 4.04. The van der Waals surface area contributed by atoms with E-state index in [0.717, 1.165) is 0 Å². The third-order valence-corrected chi connectivity index (χ3v) is 0.437. The third-order valence-electron chi connectivity index (χ3n) is 0.437. The van der Waals surface area contributed by atoms with Crippen LogP contribution in [0.1, 0.15) is 0 Å². The molecule has 53 valence electrons. The Morgan fingerprint density at radius 3 is 1.67 bits per heavy atom.